The maximum Gasteiger partial charge on any atom is 0.181 e. The lowest BCUT2D eigenvalue weighted by atomic mass is 9.83. The molecule has 0 amide bonds. The zero-order chi connectivity index (χ0) is 17.2. The van der Waals surface area contributed by atoms with E-state index in [1.165, 1.54) is 5.54 Å². The second-order valence-electron chi connectivity index (χ2n) is 5.72. The Balaban J connectivity index is 2.49. The number of carbonyl (C=O) groups is 1. The first-order chi connectivity index (χ1) is 11.0. The largest absolute Gasteiger partial charge is 0.512 e. The molecule has 130 valence electrons. The molecule has 0 radical (unpaired) electrons. The van der Waals surface area contributed by atoms with Crippen molar-refractivity contribution in [3.63, 3.8) is 0 Å². The van der Waals surface area contributed by atoms with Gasteiger partial charge < -0.3 is 9.84 Å². The molecule has 1 aliphatic carbocycles. The maximum absolute atomic E-state index is 12.3. The first-order valence-electron chi connectivity index (χ1n) is 7.99. The molecule has 0 spiro atoms. The molecule has 0 heterocycles. The lowest BCUT2D eigenvalue weighted by molar-refractivity contribution is -0.117. The fourth-order valence-electron chi connectivity index (χ4n) is 2.78. The van der Waals surface area contributed by atoms with Gasteiger partial charge in [-0.25, -0.2) is 0 Å². The van der Waals surface area contributed by atoms with E-state index in [4.69, 9.17) is 21.7 Å². The molecule has 0 aromatic rings. The number of allylic oxidation sites excluding steroid dienone is 2. The highest BCUT2D eigenvalue weighted by Gasteiger charge is 2.28. The normalized spacial score (nSPS) is 20.1. The number of aliphatic hydroxyl groups excluding tert-OH is 1. The first-order valence-corrected chi connectivity index (χ1v) is 9.47. The van der Waals surface area contributed by atoms with Gasteiger partial charge in [-0.3, -0.25) is 10.2 Å². The fraction of sp³-hybridized carbons (Fsp3) is 0.647. The van der Waals surface area contributed by atoms with Crippen molar-refractivity contribution in [2.45, 2.75) is 51.2 Å². The van der Waals surface area contributed by atoms with Crippen LogP contribution in [0, 0.1) is 11.3 Å². The average molecular weight is 360 g/mol. The van der Waals surface area contributed by atoms with E-state index in [1.807, 2.05) is 11.8 Å². The zero-order valence-electron chi connectivity index (χ0n) is 13.8. The van der Waals surface area contributed by atoms with Crippen LogP contribution in [0.5, 0.6) is 0 Å². The second-order valence-corrected chi connectivity index (χ2v) is 7.69. The molecule has 0 aromatic heterocycles. The summed E-state index contributed by atoms with van der Waals surface area (Å²) in [6, 6.07) is 0. The Kier molecular flexibility index (Phi) is 9.41. The second kappa shape index (κ2) is 10.8. The molecule has 0 saturated carbocycles. The summed E-state index contributed by atoms with van der Waals surface area (Å²) >= 11 is 7.26. The molecule has 2 N–H and O–H groups in total. The van der Waals surface area contributed by atoms with Gasteiger partial charge in [0.05, 0.1) is 5.76 Å². The molecule has 2 atom stereocenters. The third-order valence-electron chi connectivity index (χ3n) is 3.80. The Morgan fingerprint density at radius 1 is 1.57 bits per heavy atom. The minimum absolute atomic E-state index is 0.0147. The number of hydrogen-bond donors (Lipinski definition) is 2. The van der Waals surface area contributed by atoms with Gasteiger partial charge in [0.1, 0.15) is 6.61 Å². The van der Waals surface area contributed by atoms with Crippen molar-refractivity contribution in [2.24, 2.45) is 5.92 Å². The molecule has 6 heteroatoms. The maximum atomic E-state index is 12.3. The van der Waals surface area contributed by atoms with Gasteiger partial charge in [-0.1, -0.05) is 25.4 Å². The van der Waals surface area contributed by atoms with E-state index in [0.29, 0.717) is 36.5 Å². The van der Waals surface area contributed by atoms with Gasteiger partial charge in [-0.05, 0) is 30.6 Å². The first kappa shape index (κ1) is 20.1. The Hall–Kier alpha value is -0.940. The molecule has 0 aliphatic heterocycles. The third-order valence-corrected chi connectivity index (χ3v) is 5.08. The topological polar surface area (TPSA) is 70.4 Å². The van der Waals surface area contributed by atoms with Crippen molar-refractivity contribution in [3.05, 3.63) is 22.9 Å². The van der Waals surface area contributed by atoms with Gasteiger partial charge in [-0.2, -0.15) is 11.8 Å². The molecule has 0 saturated heterocycles. The minimum atomic E-state index is 0.0147. The van der Waals surface area contributed by atoms with Crippen molar-refractivity contribution < 1.29 is 14.6 Å². The molecule has 0 fully saturated rings. The van der Waals surface area contributed by atoms with Crippen molar-refractivity contribution in [1.82, 2.24) is 0 Å². The van der Waals surface area contributed by atoms with Crippen molar-refractivity contribution in [1.29, 1.82) is 5.41 Å². The molecular weight excluding hydrogens is 334 g/mol. The highest BCUT2D eigenvalue weighted by molar-refractivity contribution is 7.99. The Labute approximate surface area is 147 Å². The van der Waals surface area contributed by atoms with Gasteiger partial charge >= 0.3 is 0 Å². The summed E-state index contributed by atoms with van der Waals surface area (Å²) in [6.45, 7) is 4.54. The average Bonchev–Trinajstić information content (AvgIpc) is 2.46. The predicted octanol–water partition coefficient (Wildman–Crippen LogP) is 4.84. The van der Waals surface area contributed by atoms with E-state index in [0.717, 1.165) is 12.2 Å². The van der Waals surface area contributed by atoms with Gasteiger partial charge in [-0.15, -0.1) is 0 Å². The summed E-state index contributed by atoms with van der Waals surface area (Å²) in [5.74, 6) is 1.61. The van der Waals surface area contributed by atoms with Gasteiger partial charge in [0, 0.05) is 35.6 Å². The van der Waals surface area contributed by atoms with Crippen LogP contribution in [-0.2, 0) is 9.53 Å². The molecule has 4 nitrogen and oxygen atoms in total. The molecule has 0 aromatic carbocycles. The minimum Gasteiger partial charge on any atom is -0.512 e. The Morgan fingerprint density at radius 2 is 2.30 bits per heavy atom. The number of carbonyl (C=O) groups excluding carboxylic acids is 1. The highest BCUT2D eigenvalue weighted by atomic mass is 35.5. The van der Waals surface area contributed by atoms with E-state index in [2.05, 4.69) is 13.8 Å². The van der Waals surface area contributed by atoms with Crippen LogP contribution in [0.15, 0.2) is 22.9 Å². The van der Waals surface area contributed by atoms with Crippen LogP contribution < -0.4 is 0 Å². The van der Waals surface area contributed by atoms with Crippen LogP contribution in [0.25, 0.3) is 0 Å². The predicted molar refractivity (Wildman–Crippen MR) is 97.5 cm³/mol. The summed E-state index contributed by atoms with van der Waals surface area (Å²) in [4.78, 5) is 12.3. The number of Topliss-reactive ketones (excluding diaryl/α,β-unsaturated/α-hetero) is 1. The zero-order valence-corrected chi connectivity index (χ0v) is 15.4. The highest BCUT2D eigenvalue weighted by Crippen LogP contribution is 2.33. The van der Waals surface area contributed by atoms with E-state index < -0.39 is 0 Å². The fourth-order valence-corrected chi connectivity index (χ4v) is 3.83. The quantitative estimate of drug-likeness (QED) is 0.456. The molecule has 1 aliphatic rings. The van der Waals surface area contributed by atoms with Crippen molar-refractivity contribution in [3.8, 4) is 0 Å². The van der Waals surface area contributed by atoms with Gasteiger partial charge in [0.2, 0.25) is 0 Å². The van der Waals surface area contributed by atoms with Gasteiger partial charge in [0.25, 0.3) is 0 Å². The number of ether oxygens (including phenoxy) is 1. The van der Waals surface area contributed by atoms with Gasteiger partial charge in [0.15, 0.2) is 11.7 Å². The summed E-state index contributed by atoms with van der Waals surface area (Å²) < 4.78 is 5.14. The number of nitrogens with one attached hydrogen (secondary N) is 1. The lowest BCUT2D eigenvalue weighted by Gasteiger charge is -2.25. The summed E-state index contributed by atoms with van der Waals surface area (Å²) in [5.41, 5.74) is 1.81. The van der Waals surface area contributed by atoms with Crippen LogP contribution >= 0.6 is 23.4 Å². The third kappa shape index (κ3) is 7.44. The number of hydrogen-bond acceptors (Lipinski definition) is 5. The molecule has 0 bridgehead atoms. The van der Waals surface area contributed by atoms with Crippen LogP contribution in [0.4, 0.5) is 0 Å². The molecular formula is C17H26ClNO3S. The SMILES string of the molecule is CCSC(C)CC1CC(=O)C(CCC(=N)OC/C=C/Cl)=C(O)C1. The van der Waals surface area contributed by atoms with E-state index in [-0.39, 0.29) is 30.0 Å². The summed E-state index contributed by atoms with van der Waals surface area (Å²) in [6.07, 6.45) is 4.29. The number of thioether (sulfide) groups is 1. The Morgan fingerprint density at radius 3 is 2.91 bits per heavy atom. The lowest BCUT2D eigenvalue weighted by Crippen LogP contribution is -2.22. The van der Waals surface area contributed by atoms with Crippen LogP contribution in [0.3, 0.4) is 0 Å². The number of aliphatic hydroxyl groups is 1. The number of ketones is 1. The van der Waals surface area contributed by atoms with Crippen LogP contribution in [0.1, 0.15) is 46.0 Å². The number of rotatable bonds is 9. The summed E-state index contributed by atoms with van der Waals surface area (Å²) in [5, 5.41) is 18.4. The Bertz CT molecular complexity index is 476. The van der Waals surface area contributed by atoms with Crippen molar-refractivity contribution >= 4 is 35.0 Å². The van der Waals surface area contributed by atoms with E-state index >= 15 is 0 Å². The van der Waals surface area contributed by atoms with Crippen LogP contribution in [0.2, 0.25) is 0 Å². The van der Waals surface area contributed by atoms with E-state index in [9.17, 15) is 9.90 Å². The van der Waals surface area contributed by atoms with Crippen molar-refractivity contribution in [2.75, 3.05) is 12.4 Å². The van der Waals surface area contributed by atoms with Crippen LogP contribution in [-0.4, -0.2) is 34.4 Å². The van der Waals surface area contributed by atoms with E-state index in [1.54, 1.807) is 6.08 Å². The number of halogens is 1. The monoisotopic (exact) mass is 359 g/mol. The molecule has 2 unspecified atom stereocenters. The molecule has 1 rings (SSSR count). The molecule has 23 heavy (non-hydrogen) atoms. The smallest absolute Gasteiger partial charge is 0.181 e. The standard InChI is InChI=1S/C17H26ClNO3S/c1-3-23-12(2)9-13-10-15(20)14(16(21)11-13)5-6-17(19)22-8-4-7-18/h4,7,12-13,19-20H,3,5-6,8-11H2,1-2H3/b7-4+,19-17?. The summed E-state index contributed by atoms with van der Waals surface area (Å²) in [7, 11) is 0.